The molecule has 1 saturated carbocycles. The lowest BCUT2D eigenvalue weighted by Gasteiger charge is -2.35. The van der Waals surface area contributed by atoms with E-state index in [1.807, 2.05) is 0 Å². The van der Waals surface area contributed by atoms with Gasteiger partial charge in [0.05, 0.1) is 0 Å². The SMILES string of the molecule is CCC(=O)N(C(=O)CC)C1CCCC(N)C1. The third-order valence-corrected chi connectivity index (χ3v) is 3.19. The normalized spacial score (nSPS) is 25.2. The van der Waals surface area contributed by atoms with Crippen LogP contribution >= 0.6 is 0 Å². The number of rotatable bonds is 3. The van der Waals surface area contributed by atoms with Crippen molar-refractivity contribution in [3.63, 3.8) is 0 Å². The molecule has 2 N–H and O–H groups in total. The lowest BCUT2D eigenvalue weighted by molar-refractivity contribution is -0.148. The standard InChI is InChI=1S/C12H22N2O2/c1-3-11(15)14(12(16)4-2)10-7-5-6-9(13)8-10/h9-10H,3-8,13H2,1-2H3. The zero-order chi connectivity index (χ0) is 12.1. The highest BCUT2D eigenvalue weighted by atomic mass is 16.2. The molecular formula is C12H22N2O2. The molecule has 0 spiro atoms. The van der Waals surface area contributed by atoms with Crippen LogP contribution in [-0.2, 0) is 9.59 Å². The van der Waals surface area contributed by atoms with Crippen LogP contribution in [0.3, 0.4) is 0 Å². The highest BCUT2D eigenvalue weighted by molar-refractivity contribution is 5.95. The van der Waals surface area contributed by atoms with Crippen LogP contribution in [0.1, 0.15) is 52.4 Å². The Morgan fingerprint density at radius 3 is 2.19 bits per heavy atom. The maximum Gasteiger partial charge on any atom is 0.229 e. The zero-order valence-electron chi connectivity index (χ0n) is 10.2. The van der Waals surface area contributed by atoms with Crippen LogP contribution in [0.15, 0.2) is 0 Å². The second-order valence-corrected chi connectivity index (χ2v) is 4.45. The molecule has 0 aromatic heterocycles. The summed E-state index contributed by atoms with van der Waals surface area (Å²) in [7, 11) is 0. The number of hydrogen-bond donors (Lipinski definition) is 1. The molecule has 4 heteroatoms. The minimum absolute atomic E-state index is 0.0312. The van der Waals surface area contributed by atoms with E-state index >= 15 is 0 Å². The Kier molecular flexibility index (Phi) is 4.93. The molecule has 1 fully saturated rings. The number of carbonyl (C=O) groups is 2. The molecule has 16 heavy (non-hydrogen) atoms. The summed E-state index contributed by atoms with van der Waals surface area (Å²) in [6, 6.07) is 0.166. The van der Waals surface area contributed by atoms with Crippen molar-refractivity contribution in [3.8, 4) is 0 Å². The summed E-state index contributed by atoms with van der Waals surface area (Å²) in [5.74, 6) is -0.128. The first kappa shape index (κ1) is 13.2. The van der Waals surface area contributed by atoms with Gasteiger partial charge < -0.3 is 5.73 Å². The molecule has 2 amide bonds. The smallest absolute Gasteiger partial charge is 0.229 e. The maximum atomic E-state index is 11.8. The van der Waals surface area contributed by atoms with E-state index in [1.54, 1.807) is 13.8 Å². The Labute approximate surface area is 97.2 Å². The summed E-state index contributed by atoms with van der Waals surface area (Å²) in [5.41, 5.74) is 5.90. The molecule has 1 rings (SSSR count). The van der Waals surface area contributed by atoms with E-state index in [-0.39, 0.29) is 23.9 Å². The van der Waals surface area contributed by atoms with E-state index in [0.717, 1.165) is 25.7 Å². The molecule has 1 aliphatic carbocycles. The molecule has 92 valence electrons. The van der Waals surface area contributed by atoms with E-state index in [9.17, 15) is 9.59 Å². The number of carbonyl (C=O) groups excluding carboxylic acids is 2. The largest absolute Gasteiger partial charge is 0.328 e. The monoisotopic (exact) mass is 226 g/mol. The fourth-order valence-electron chi connectivity index (χ4n) is 2.32. The van der Waals surface area contributed by atoms with E-state index in [0.29, 0.717) is 12.8 Å². The van der Waals surface area contributed by atoms with Crippen molar-refractivity contribution in [1.29, 1.82) is 0 Å². The number of imide groups is 1. The number of nitrogens with two attached hydrogens (primary N) is 1. The second-order valence-electron chi connectivity index (χ2n) is 4.45. The van der Waals surface area contributed by atoms with Gasteiger partial charge in [-0.05, 0) is 25.7 Å². The summed E-state index contributed by atoms with van der Waals surface area (Å²) in [5, 5.41) is 0. The summed E-state index contributed by atoms with van der Waals surface area (Å²) in [6.07, 6.45) is 4.46. The van der Waals surface area contributed by atoms with Crippen LogP contribution in [0, 0.1) is 0 Å². The topological polar surface area (TPSA) is 63.4 Å². The first-order valence-electron chi connectivity index (χ1n) is 6.20. The van der Waals surface area contributed by atoms with Gasteiger partial charge in [-0.1, -0.05) is 13.8 Å². The molecule has 2 unspecified atom stereocenters. The van der Waals surface area contributed by atoms with Gasteiger partial charge in [-0.15, -0.1) is 0 Å². The van der Waals surface area contributed by atoms with Crippen molar-refractivity contribution in [2.45, 2.75) is 64.5 Å². The average Bonchev–Trinajstić information content (AvgIpc) is 2.29. The fourth-order valence-corrected chi connectivity index (χ4v) is 2.32. The Hall–Kier alpha value is -0.900. The van der Waals surface area contributed by atoms with Gasteiger partial charge in [0.25, 0.3) is 0 Å². The molecule has 0 bridgehead atoms. The van der Waals surface area contributed by atoms with Crippen LogP contribution in [0.5, 0.6) is 0 Å². The highest BCUT2D eigenvalue weighted by Gasteiger charge is 2.30. The van der Waals surface area contributed by atoms with Crippen molar-refractivity contribution in [3.05, 3.63) is 0 Å². The Bertz CT molecular complexity index is 250. The molecular weight excluding hydrogens is 204 g/mol. The van der Waals surface area contributed by atoms with Gasteiger partial charge in [-0.3, -0.25) is 14.5 Å². The van der Waals surface area contributed by atoms with Crippen molar-refractivity contribution >= 4 is 11.8 Å². The van der Waals surface area contributed by atoms with E-state index in [1.165, 1.54) is 4.90 Å². The minimum Gasteiger partial charge on any atom is -0.328 e. The zero-order valence-corrected chi connectivity index (χ0v) is 10.2. The molecule has 2 atom stereocenters. The number of amides is 2. The summed E-state index contributed by atoms with van der Waals surface area (Å²) < 4.78 is 0. The van der Waals surface area contributed by atoms with E-state index in [2.05, 4.69) is 0 Å². The molecule has 0 aliphatic heterocycles. The first-order chi connectivity index (χ1) is 7.60. The third kappa shape index (κ3) is 3.04. The summed E-state index contributed by atoms with van der Waals surface area (Å²) >= 11 is 0. The van der Waals surface area contributed by atoms with Crippen LogP contribution in [0.4, 0.5) is 0 Å². The van der Waals surface area contributed by atoms with Crippen molar-refractivity contribution in [1.82, 2.24) is 4.90 Å². The van der Waals surface area contributed by atoms with Crippen molar-refractivity contribution < 1.29 is 9.59 Å². The van der Waals surface area contributed by atoms with Gasteiger partial charge in [-0.2, -0.15) is 0 Å². The first-order valence-corrected chi connectivity index (χ1v) is 6.20. The number of hydrogen-bond acceptors (Lipinski definition) is 3. The predicted molar refractivity (Wildman–Crippen MR) is 62.7 cm³/mol. The predicted octanol–water partition coefficient (Wildman–Crippen LogP) is 1.43. The van der Waals surface area contributed by atoms with Crippen molar-refractivity contribution in [2.75, 3.05) is 0 Å². The molecule has 0 aromatic rings. The summed E-state index contributed by atoms with van der Waals surface area (Å²) in [4.78, 5) is 25.0. The molecule has 0 saturated heterocycles. The van der Waals surface area contributed by atoms with Gasteiger partial charge in [0.15, 0.2) is 0 Å². The van der Waals surface area contributed by atoms with Gasteiger partial charge in [0.2, 0.25) is 11.8 Å². The quantitative estimate of drug-likeness (QED) is 0.791. The summed E-state index contributed by atoms with van der Waals surface area (Å²) in [6.45, 7) is 3.59. The van der Waals surface area contributed by atoms with Crippen molar-refractivity contribution in [2.24, 2.45) is 5.73 Å². The van der Waals surface area contributed by atoms with Crippen LogP contribution < -0.4 is 5.73 Å². The molecule has 0 aromatic carbocycles. The van der Waals surface area contributed by atoms with Gasteiger partial charge in [0.1, 0.15) is 0 Å². The molecule has 0 heterocycles. The highest BCUT2D eigenvalue weighted by Crippen LogP contribution is 2.23. The molecule has 1 aliphatic rings. The number of nitrogens with zero attached hydrogens (tertiary/aromatic N) is 1. The van der Waals surface area contributed by atoms with Gasteiger partial charge in [-0.25, -0.2) is 0 Å². The Morgan fingerprint density at radius 2 is 1.75 bits per heavy atom. The second kappa shape index (κ2) is 5.99. The van der Waals surface area contributed by atoms with Crippen LogP contribution in [0.25, 0.3) is 0 Å². The van der Waals surface area contributed by atoms with Crippen LogP contribution in [-0.4, -0.2) is 28.8 Å². The van der Waals surface area contributed by atoms with Gasteiger partial charge >= 0.3 is 0 Å². The lowest BCUT2D eigenvalue weighted by atomic mass is 9.90. The Morgan fingerprint density at radius 1 is 1.19 bits per heavy atom. The molecule has 4 nitrogen and oxygen atoms in total. The minimum atomic E-state index is -0.0639. The van der Waals surface area contributed by atoms with E-state index in [4.69, 9.17) is 5.73 Å². The third-order valence-electron chi connectivity index (χ3n) is 3.19. The van der Waals surface area contributed by atoms with E-state index < -0.39 is 0 Å². The fraction of sp³-hybridized carbons (Fsp3) is 0.833. The average molecular weight is 226 g/mol. The molecule has 0 radical (unpaired) electrons. The Balaban J connectivity index is 2.75. The van der Waals surface area contributed by atoms with Crippen LogP contribution in [0.2, 0.25) is 0 Å². The maximum absolute atomic E-state index is 11.8. The lowest BCUT2D eigenvalue weighted by Crippen LogP contribution is -2.48. The van der Waals surface area contributed by atoms with Gasteiger partial charge in [0, 0.05) is 24.9 Å².